The zero-order chi connectivity index (χ0) is 21.9. The van der Waals surface area contributed by atoms with Crippen LogP contribution in [-0.4, -0.2) is 0 Å². The van der Waals surface area contributed by atoms with Gasteiger partial charge in [-0.2, -0.15) is 5.26 Å². The zero-order valence-electron chi connectivity index (χ0n) is 21.2. The maximum Gasteiger partial charge on any atom is 0.0692 e. The van der Waals surface area contributed by atoms with Gasteiger partial charge in [-0.05, 0) is 81.0 Å². The Morgan fingerprint density at radius 3 is 1.71 bits per heavy atom. The molecule has 31 heavy (non-hydrogen) atoms. The summed E-state index contributed by atoms with van der Waals surface area (Å²) in [6.07, 6.45) is 29.5. The number of unbranched alkanes of at least 4 members (excludes halogenated alkanes) is 5. The molecule has 0 aromatic rings. The SMILES string of the molecule is CCCCCCCC1CCC(C2CCC(C#N)(C3CCC(CCCC)CC3)CC2)CC1. The van der Waals surface area contributed by atoms with Crippen LogP contribution in [0.5, 0.6) is 0 Å². The van der Waals surface area contributed by atoms with Gasteiger partial charge in [0.25, 0.3) is 0 Å². The molecule has 0 amide bonds. The Labute approximate surface area is 195 Å². The largest absolute Gasteiger partial charge is 0.198 e. The van der Waals surface area contributed by atoms with Gasteiger partial charge in [-0.25, -0.2) is 0 Å². The standard InChI is InChI=1S/C30H53N/c1-3-5-7-8-9-11-26-12-16-27(17-13-26)28-20-22-30(24-31,23-21-28)29-18-14-25(15-19-29)10-6-4-2/h25-29H,3-23H2,1-2H3. The molecule has 0 bridgehead atoms. The Morgan fingerprint density at radius 2 is 1.13 bits per heavy atom. The van der Waals surface area contributed by atoms with Crippen molar-refractivity contribution in [3.63, 3.8) is 0 Å². The van der Waals surface area contributed by atoms with E-state index in [9.17, 15) is 5.26 Å². The molecule has 3 rings (SSSR count). The van der Waals surface area contributed by atoms with Crippen molar-refractivity contribution >= 4 is 0 Å². The van der Waals surface area contributed by atoms with E-state index in [4.69, 9.17) is 0 Å². The zero-order valence-corrected chi connectivity index (χ0v) is 21.2. The third-order valence-electron chi connectivity index (χ3n) is 10.0. The monoisotopic (exact) mass is 427 g/mol. The average Bonchev–Trinajstić information content (AvgIpc) is 2.83. The van der Waals surface area contributed by atoms with Crippen molar-refractivity contribution in [1.29, 1.82) is 5.26 Å². The molecule has 0 unspecified atom stereocenters. The van der Waals surface area contributed by atoms with Crippen molar-refractivity contribution in [3.8, 4) is 6.07 Å². The summed E-state index contributed by atoms with van der Waals surface area (Å²) in [6.45, 7) is 4.63. The summed E-state index contributed by atoms with van der Waals surface area (Å²) in [4.78, 5) is 0. The van der Waals surface area contributed by atoms with Crippen molar-refractivity contribution in [3.05, 3.63) is 0 Å². The van der Waals surface area contributed by atoms with E-state index in [-0.39, 0.29) is 5.41 Å². The van der Waals surface area contributed by atoms with Crippen molar-refractivity contribution in [2.45, 2.75) is 149 Å². The molecule has 0 saturated heterocycles. The molecule has 0 atom stereocenters. The second-order valence-electron chi connectivity index (χ2n) is 11.9. The predicted octanol–water partition coefficient (Wildman–Crippen LogP) is 9.85. The molecule has 0 spiro atoms. The van der Waals surface area contributed by atoms with Crippen LogP contribution >= 0.6 is 0 Å². The van der Waals surface area contributed by atoms with Gasteiger partial charge in [0.2, 0.25) is 0 Å². The predicted molar refractivity (Wildman–Crippen MR) is 134 cm³/mol. The lowest BCUT2D eigenvalue weighted by Gasteiger charge is -2.46. The van der Waals surface area contributed by atoms with Gasteiger partial charge in [0.1, 0.15) is 0 Å². The third-order valence-corrected chi connectivity index (χ3v) is 10.0. The first-order valence-corrected chi connectivity index (χ1v) is 14.6. The van der Waals surface area contributed by atoms with Gasteiger partial charge < -0.3 is 0 Å². The van der Waals surface area contributed by atoms with Crippen molar-refractivity contribution in [2.24, 2.45) is 35.0 Å². The molecule has 0 N–H and O–H groups in total. The molecule has 1 nitrogen and oxygen atoms in total. The minimum absolute atomic E-state index is 0.0436. The number of rotatable bonds is 11. The molecule has 178 valence electrons. The van der Waals surface area contributed by atoms with Gasteiger partial charge in [-0.3, -0.25) is 0 Å². The molecule has 1 heteroatoms. The molecule has 3 aliphatic carbocycles. The van der Waals surface area contributed by atoms with Gasteiger partial charge in [-0.1, -0.05) is 97.3 Å². The van der Waals surface area contributed by atoms with Crippen molar-refractivity contribution in [2.75, 3.05) is 0 Å². The van der Waals surface area contributed by atoms with E-state index in [1.54, 1.807) is 0 Å². The molecule has 0 heterocycles. The van der Waals surface area contributed by atoms with Crippen molar-refractivity contribution < 1.29 is 0 Å². The van der Waals surface area contributed by atoms with Gasteiger partial charge in [-0.15, -0.1) is 0 Å². The second-order valence-corrected chi connectivity index (χ2v) is 11.9. The summed E-state index contributed by atoms with van der Waals surface area (Å²) in [7, 11) is 0. The Hall–Kier alpha value is -0.510. The molecule has 3 saturated carbocycles. The number of nitrogens with zero attached hydrogens (tertiary/aromatic N) is 1. The van der Waals surface area contributed by atoms with Gasteiger partial charge in [0.15, 0.2) is 0 Å². The topological polar surface area (TPSA) is 23.8 Å². The lowest BCUT2D eigenvalue weighted by atomic mass is 9.57. The number of nitriles is 1. The van der Waals surface area contributed by atoms with Gasteiger partial charge in [0, 0.05) is 0 Å². The first-order valence-electron chi connectivity index (χ1n) is 14.6. The lowest BCUT2D eigenvalue weighted by Crippen LogP contribution is -2.38. The quantitative estimate of drug-likeness (QED) is 0.301. The van der Waals surface area contributed by atoms with Gasteiger partial charge >= 0.3 is 0 Å². The third kappa shape index (κ3) is 7.24. The number of hydrogen-bond acceptors (Lipinski definition) is 1. The van der Waals surface area contributed by atoms with Crippen LogP contribution in [0, 0.1) is 46.3 Å². The van der Waals surface area contributed by atoms with Crippen LogP contribution in [-0.2, 0) is 0 Å². The fraction of sp³-hybridized carbons (Fsp3) is 0.967. The molecule has 3 aliphatic rings. The normalized spacial score (nSPS) is 36.7. The Bertz CT molecular complexity index is 507. The summed E-state index contributed by atoms with van der Waals surface area (Å²) in [6, 6.07) is 2.91. The summed E-state index contributed by atoms with van der Waals surface area (Å²) < 4.78 is 0. The summed E-state index contributed by atoms with van der Waals surface area (Å²) in [5.41, 5.74) is 0.0436. The van der Waals surface area contributed by atoms with Crippen molar-refractivity contribution in [1.82, 2.24) is 0 Å². The van der Waals surface area contributed by atoms with Crippen LogP contribution < -0.4 is 0 Å². The van der Waals surface area contributed by atoms with Crippen LogP contribution in [0.15, 0.2) is 0 Å². The molecular weight excluding hydrogens is 374 g/mol. The van der Waals surface area contributed by atoms with Crippen LogP contribution in [0.4, 0.5) is 0 Å². The van der Waals surface area contributed by atoms with E-state index < -0.39 is 0 Å². The summed E-state index contributed by atoms with van der Waals surface area (Å²) in [5.74, 6) is 4.62. The van der Waals surface area contributed by atoms with Crippen LogP contribution in [0.25, 0.3) is 0 Å². The van der Waals surface area contributed by atoms with E-state index >= 15 is 0 Å². The Kier molecular flexibility index (Phi) is 10.7. The highest BCUT2D eigenvalue weighted by Gasteiger charge is 2.44. The fourth-order valence-corrected chi connectivity index (χ4v) is 7.72. The summed E-state index contributed by atoms with van der Waals surface area (Å²) in [5, 5.41) is 10.2. The molecule has 3 fully saturated rings. The summed E-state index contributed by atoms with van der Waals surface area (Å²) >= 11 is 0. The smallest absolute Gasteiger partial charge is 0.0692 e. The van der Waals surface area contributed by atoms with Gasteiger partial charge in [0.05, 0.1) is 11.5 Å². The first kappa shape index (κ1) is 25.1. The Balaban J connectivity index is 1.37. The second kappa shape index (κ2) is 13.3. The van der Waals surface area contributed by atoms with E-state index in [1.807, 2.05) is 0 Å². The highest BCUT2D eigenvalue weighted by Crippen LogP contribution is 2.52. The fourth-order valence-electron chi connectivity index (χ4n) is 7.72. The molecule has 0 aromatic heterocycles. The molecule has 0 radical (unpaired) electrons. The first-order chi connectivity index (χ1) is 15.2. The van der Waals surface area contributed by atoms with E-state index in [1.165, 1.54) is 135 Å². The maximum atomic E-state index is 10.2. The van der Waals surface area contributed by atoms with Crippen LogP contribution in [0.3, 0.4) is 0 Å². The minimum atomic E-state index is 0.0436. The van der Waals surface area contributed by atoms with E-state index in [0.717, 1.165) is 23.7 Å². The maximum absolute atomic E-state index is 10.2. The molecule has 0 aliphatic heterocycles. The van der Waals surface area contributed by atoms with E-state index in [2.05, 4.69) is 19.9 Å². The minimum Gasteiger partial charge on any atom is -0.198 e. The molecular formula is C30H53N. The molecule has 0 aromatic carbocycles. The average molecular weight is 428 g/mol. The highest BCUT2D eigenvalue weighted by atomic mass is 14.5. The van der Waals surface area contributed by atoms with Crippen LogP contribution in [0.2, 0.25) is 0 Å². The number of hydrogen-bond donors (Lipinski definition) is 0. The Morgan fingerprint density at radius 1 is 0.613 bits per heavy atom. The van der Waals surface area contributed by atoms with E-state index in [0.29, 0.717) is 5.92 Å². The highest BCUT2D eigenvalue weighted by molar-refractivity contribution is 5.06. The van der Waals surface area contributed by atoms with Crippen LogP contribution in [0.1, 0.15) is 149 Å². The lowest BCUT2D eigenvalue weighted by molar-refractivity contribution is 0.0601.